The monoisotopic (exact) mass is 492 g/mol. The molecule has 0 spiro atoms. The third-order valence-corrected chi connectivity index (χ3v) is 7.48. The SMILES string of the molecule is COc1cc2c(cc1OC)C(c1cccs1)N(C(=O)c1ccc(OCc3cscn3)cc1)CC2. The van der Waals surface area contributed by atoms with Gasteiger partial charge in [0.1, 0.15) is 12.4 Å². The minimum absolute atomic E-state index is 0.00936. The van der Waals surface area contributed by atoms with Gasteiger partial charge in [-0.1, -0.05) is 6.07 Å². The largest absolute Gasteiger partial charge is 0.493 e. The molecule has 2 aromatic heterocycles. The van der Waals surface area contributed by atoms with Crippen LogP contribution in [0.5, 0.6) is 17.2 Å². The van der Waals surface area contributed by atoms with Crippen LogP contribution in [0.3, 0.4) is 0 Å². The molecular weight excluding hydrogens is 468 g/mol. The lowest BCUT2D eigenvalue weighted by Gasteiger charge is -2.37. The highest BCUT2D eigenvalue weighted by atomic mass is 32.1. The molecule has 1 aliphatic rings. The van der Waals surface area contributed by atoms with E-state index in [-0.39, 0.29) is 11.9 Å². The predicted molar refractivity (Wildman–Crippen MR) is 133 cm³/mol. The van der Waals surface area contributed by atoms with E-state index in [9.17, 15) is 4.79 Å². The van der Waals surface area contributed by atoms with Gasteiger partial charge in [0, 0.05) is 22.4 Å². The fourth-order valence-electron chi connectivity index (χ4n) is 4.24. The normalized spacial score (nSPS) is 15.0. The first kappa shape index (κ1) is 22.4. The van der Waals surface area contributed by atoms with E-state index in [4.69, 9.17) is 14.2 Å². The van der Waals surface area contributed by atoms with E-state index in [1.807, 2.05) is 58.1 Å². The van der Waals surface area contributed by atoms with Gasteiger partial charge >= 0.3 is 0 Å². The standard InChI is InChI=1S/C26H24N2O4S2/c1-30-22-12-18-9-10-28(25(24-4-3-11-34-24)21(18)13-23(22)31-2)26(29)17-5-7-20(8-6-17)32-14-19-15-33-16-27-19/h3-8,11-13,15-16,25H,9-10,14H2,1-2H3. The Morgan fingerprint density at radius 2 is 1.91 bits per heavy atom. The van der Waals surface area contributed by atoms with E-state index in [0.29, 0.717) is 36.0 Å². The van der Waals surface area contributed by atoms with E-state index in [2.05, 4.69) is 11.1 Å². The molecule has 0 N–H and O–H groups in total. The van der Waals surface area contributed by atoms with Crippen LogP contribution in [-0.2, 0) is 13.0 Å². The molecule has 34 heavy (non-hydrogen) atoms. The lowest BCUT2D eigenvalue weighted by atomic mass is 9.90. The molecule has 1 amide bonds. The van der Waals surface area contributed by atoms with Crippen molar-refractivity contribution in [3.63, 3.8) is 0 Å². The van der Waals surface area contributed by atoms with Crippen molar-refractivity contribution in [3.8, 4) is 17.2 Å². The third-order valence-electron chi connectivity index (χ3n) is 5.92. The number of hydrogen-bond acceptors (Lipinski definition) is 7. The van der Waals surface area contributed by atoms with Crippen LogP contribution in [0.25, 0.3) is 0 Å². The Labute approximate surface area is 206 Å². The number of amides is 1. The van der Waals surface area contributed by atoms with Gasteiger partial charge in [0.05, 0.1) is 31.5 Å². The van der Waals surface area contributed by atoms with Gasteiger partial charge in [-0.2, -0.15) is 0 Å². The fourth-order valence-corrected chi connectivity index (χ4v) is 5.64. The molecule has 0 saturated heterocycles. The van der Waals surface area contributed by atoms with Crippen molar-refractivity contribution in [3.05, 3.63) is 92.1 Å². The lowest BCUT2D eigenvalue weighted by Crippen LogP contribution is -2.40. The van der Waals surface area contributed by atoms with Crippen LogP contribution in [0.15, 0.2) is 64.8 Å². The second kappa shape index (κ2) is 9.87. The Morgan fingerprint density at radius 3 is 2.59 bits per heavy atom. The number of ether oxygens (including phenoxy) is 3. The van der Waals surface area contributed by atoms with Crippen LogP contribution < -0.4 is 14.2 Å². The Morgan fingerprint density at radius 1 is 1.12 bits per heavy atom. The van der Waals surface area contributed by atoms with Crippen LogP contribution in [0.4, 0.5) is 0 Å². The number of thiazole rings is 1. The zero-order valence-corrected chi connectivity index (χ0v) is 20.5. The zero-order chi connectivity index (χ0) is 23.5. The molecule has 1 unspecified atom stereocenters. The number of fused-ring (bicyclic) bond motifs is 1. The Hall–Kier alpha value is -3.36. The van der Waals surface area contributed by atoms with Gasteiger partial charge in [0.2, 0.25) is 0 Å². The molecule has 0 saturated carbocycles. The Bertz CT molecular complexity index is 1250. The maximum atomic E-state index is 13.7. The highest BCUT2D eigenvalue weighted by Gasteiger charge is 2.34. The van der Waals surface area contributed by atoms with Gasteiger partial charge in [0.15, 0.2) is 11.5 Å². The lowest BCUT2D eigenvalue weighted by molar-refractivity contribution is 0.0697. The topological polar surface area (TPSA) is 60.9 Å². The summed E-state index contributed by atoms with van der Waals surface area (Å²) in [5.41, 5.74) is 5.55. The minimum Gasteiger partial charge on any atom is -0.493 e. The van der Waals surface area contributed by atoms with Crippen molar-refractivity contribution in [2.24, 2.45) is 0 Å². The first-order valence-corrected chi connectivity index (χ1v) is 12.7. The molecule has 1 atom stereocenters. The van der Waals surface area contributed by atoms with Crippen molar-refractivity contribution in [1.29, 1.82) is 0 Å². The first-order valence-electron chi connectivity index (χ1n) is 10.9. The fraction of sp³-hybridized carbons (Fsp3) is 0.231. The summed E-state index contributed by atoms with van der Waals surface area (Å²) in [6.45, 7) is 1.03. The van der Waals surface area contributed by atoms with Gasteiger partial charge < -0.3 is 19.1 Å². The van der Waals surface area contributed by atoms with Crippen LogP contribution in [0.1, 0.15) is 38.1 Å². The summed E-state index contributed by atoms with van der Waals surface area (Å²) in [6.07, 6.45) is 0.748. The average molecular weight is 493 g/mol. The van der Waals surface area contributed by atoms with Crippen LogP contribution in [0, 0.1) is 0 Å². The molecule has 174 valence electrons. The first-order chi connectivity index (χ1) is 16.7. The molecule has 3 heterocycles. The molecule has 4 aromatic rings. The van der Waals surface area contributed by atoms with E-state index in [1.54, 1.807) is 42.4 Å². The van der Waals surface area contributed by atoms with Crippen molar-refractivity contribution in [2.75, 3.05) is 20.8 Å². The van der Waals surface area contributed by atoms with Crippen molar-refractivity contribution in [2.45, 2.75) is 19.1 Å². The molecule has 0 bridgehead atoms. The summed E-state index contributed by atoms with van der Waals surface area (Å²) in [7, 11) is 3.28. The van der Waals surface area contributed by atoms with Crippen molar-refractivity contribution < 1.29 is 19.0 Å². The van der Waals surface area contributed by atoms with E-state index < -0.39 is 0 Å². The number of rotatable bonds is 7. The number of benzene rings is 2. The van der Waals surface area contributed by atoms with Crippen LogP contribution in [-0.4, -0.2) is 36.6 Å². The Kier molecular flexibility index (Phi) is 6.51. The number of thiophene rings is 1. The number of hydrogen-bond donors (Lipinski definition) is 0. The molecule has 0 aliphatic carbocycles. The molecular formula is C26H24N2O4S2. The number of carbonyl (C=O) groups is 1. The molecule has 1 aliphatic heterocycles. The highest BCUT2D eigenvalue weighted by molar-refractivity contribution is 7.10. The molecule has 6 nitrogen and oxygen atoms in total. The van der Waals surface area contributed by atoms with Gasteiger partial charge in [0.25, 0.3) is 5.91 Å². The maximum Gasteiger partial charge on any atom is 0.254 e. The quantitative estimate of drug-likeness (QED) is 0.337. The smallest absolute Gasteiger partial charge is 0.254 e. The second-order valence-electron chi connectivity index (χ2n) is 7.87. The summed E-state index contributed by atoms with van der Waals surface area (Å²) in [4.78, 5) is 21.0. The summed E-state index contributed by atoms with van der Waals surface area (Å²) in [5, 5.41) is 4.00. The Balaban J connectivity index is 1.43. The van der Waals surface area contributed by atoms with E-state index in [0.717, 1.165) is 22.6 Å². The number of aromatic nitrogens is 1. The molecule has 5 rings (SSSR count). The summed E-state index contributed by atoms with van der Waals surface area (Å²) in [5.74, 6) is 2.07. The van der Waals surface area contributed by atoms with Gasteiger partial charge in [-0.15, -0.1) is 22.7 Å². The number of carbonyl (C=O) groups excluding carboxylic acids is 1. The minimum atomic E-state index is -0.184. The van der Waals surface area contributed by atoms with E-state index in [1.165, 1.54) is 5.56 Å². The third kappa shape index (κ3) is 4.38. The molecule has 8 heteroatoms. The molecule has 2 aromatic carbocycles. The second-order valence-corrected chi connectivity index (χ2v) is 9.56. The zero-order valence-electron chi connectivity index (χ0n) is 18.9. The van der Waals surface area contributed by atoms with Crippen LogP contribution in [0.2, 0.25) is 0 Å². The van der Waals surface area contributed by atoms with Crippen molar-refractivity contribution >= 4 is 28.6 Å². The van der Waals surface area contributed by atoms with Gasteiger partial charge in [-0.05, 0) is 65.4 Å². The van der Waals surface area contributed by atoms with Crippen LogP contribution >= 0.6 is 22.7 Å². The number of nitrogens with zero attached hydrogens (tertiary/aromatic N) is 2. The highest BCUT2D eigenvalue weighted by Crippen LogP contribution is 2.42. The maximum absolute atomic E-state index is 13.7. The van der Waals surface area contributed by atoms with Gasteiger partial charge in [-0.25, -0.2) is 4.98 Å². The average Bonchev–Trinajstić information content (AvgIpc) is 3.60. The van der Waals surface area contributed by atoms with Gasteiger partial charge in [-0.3, -0.25) is 4.79 Å². The van der Waals surface area contributed by atoms with E-state index >= 15 is 0 Å². The summed E-state index contributed by atoms with van der Waals surface area (Å²) >= 11 is 3.19. The summed E-state index contributed by atoms with van der Waals surface area (Å²) in [6, 6.07) is 15.3. The number of methoxy groups -OCH3 is 2. The summed E-state index contributed by atoms with van der Waals surface area (Å²) < 4.78 is 16.9. The molecule has 0 fully saturated rings. The predicted octanol–water partition coefficient (Wildman–Crippen LogP) is 5.59. The molecule has 0 radical (unpaired) electrons. The van der Waals surface area contributed by atoms with Crippen molar-refractivity contribution in [1.82, 2.24) is 9.88 Å².